The van der Waals surface area contributed by atoms with E-state index in [1.165, 1.54) is 5.56 Å². The topological polar surface area (TPSA) is 102 Å². The van der Waals surface area contributed by atoms with Crippen molar-refractivity contribution in [3.8, 4) is 11.4 Å². The molecule has 0 unspecified atom stereocenters. The van der Waals surface area contributed by atoms with Crippen LogP contribution in [-0.4, -0.2) is 28.2 Å². The number of nitrogens with zero attached hydrogens (tertiary/aromatic N) is 4. The number of aromatic nitrogens is 4. The second-order valence-electron chi connectivity index (χ2n) is 8.78. The Kier molecular flexibility index (Phi) is 6.87. The molecule has 0 saturated heterocycles. The molecule has 2 heterocycles. The number of nitrogens with one attached hydrogen (secondary N) is 2. The van der Waals surface area contributed by atoms with Gasteiger partial charge in [0.2, 0.25) is 0 Å². The summed E-state index contributed by atoms with van der Waals surface area (Å²) in [6, 6.07) is 23.7. The number of fused-ring (bicyclic) bond motifs is 1. The van der Waals surface area contributed by atoms with Gasteiger partial charge in [0.05, 0.1) is 16.5 Å². The summed E-state index contributed by atoms with van der Waals surface area (Å²) < 4.78 is 30.6. The third-order valence-electron chi connectivity index (χ3n) is 6.07. The van der Waals surface area contributed by atoms with Crippen LogP contribution in [-0.2, 0) is 23.1 Å². The molecule has 0 aliphatic heterocycles. The van der Waals surface area contributed by atoms with E-state index in [-0.39, 0.29) is 4.90 Å². The smallest absolute Gasteiger partial charge is 0.261 e. The van der Waals surface area contributed by atoms with E-state index in [1.807, 2.05) is 28.9 Å². The van der Waals surface area contributed by atoms with Gasteiger partial charge in [0.1, 0.15) is 5.82 Å². The van der Waals surface area contributed by atoms with Crippen molar-refractivity contribution in [1.29, 1.82) is 0 Å². The van der Waals surface area contributed by atoms with Crippen LogP contribution in [0.2, 0.25) is 0 Å². The summed E-state index contributed by atoms with van der Waals surface area (Å²) >= 11 is 0. The van der Waals surface area contributed by atoms with E-state index >= 15 is 0 Å². The second-order valence-corrected chi connectivity index (χ2v) is 10.5. The van der Waals surface area contributed by atoms with Crippen LogP contribution in [0.1, 0.15) is 24.5 Å². The SMILES string of the molecule is CCCn1ncc2c(NCc3ccccc3C)nc(-c3cccc(S(=O)(=O)Nc4ccccc4)c3)nc21. The molecule has 0 atom stereocenters. The fourth-order valence-corrected chi connectivity index (χ4v) is 5.21. The number of sulfonamides is 1. The van der Waals surface area contributed by atoms with E-state index in [0.717, 1.165) is 17.4 Å². The standard InChI is InChI=1S/C28H28N6O2S/c1-3-16-34-28-25(19-30-34)27(29-18-22-11-8-7-10-20(22)2)31-26(32-28)21-12-9-15-24(17-21)37(35,36)33-23-13-5-4-6-14-23/h4-15,17,19,33H,3,16,18H2,1-2H3,(H,29,31,32). The van der Waals surface area contributed by atoms with Gasteiger partial charge in [-0.05, 0) is 48.7 Å². The van der Waals surface area contributed by atoms with Crippen LogP contribution in [0.4, 0.5) is 11.5 Å². The van der Waals surface area contributed by atoms with Crippen molar-refractivity contribution in [1.82, 2.24) is 19.7 Å². The summed E-state index contributed by atoms with van der Waals surface area (Å²) in [6.07, 6.45) is 2.68. The van der Waals surface area contributed by atoms with Crippen LogP contribution in [0.3, 0.4) is 0 Å². The van der Waals surface area contributed by atoms with Crippen molar-refractivity contribution in [2.75, 3.05) is 10.0 Å². The van der Waals surface area contributed by atoms with Gasteiger partial charge in [-0.1, -0.05) is 61.5 Å². The number of hydrogen-bond donors (Lipinski definition) is 2. The van der Waals surface area contributed by atoms with Gasteiger partial charge >= 0.3 is 0 Å². The molecule has 0 fully saturated rings. The zero-order chi connectivity index (χ0) is 25.8. The van der Waals surface area contributed by atoms with E-state index in [9.17, 15) is 8.42 Å². The van der Waals surface area contributed by atoms with Gasteiger partial charge in [-0.2, -0.15) is 5.10 Å². The zero-order valence-electron chi connectivity index (χ0n) is 20.7. The minimum absolute atomic E-state index is 0.133. The molecule has 0 radical (unpaired) electrons. The van der Waals surface area contributed by atoms with Crippen molar-refractivity contribution in [2.24, 2.45) is 0 Å². The molecule has 2 N–H and O–H groups in total. The molecule has 3 aromatic carbocycles. The lowest BCUT2D eigenvalue weighted by atomic mass is 10.1. The van der Waals surface area contributed by atoms with Gasteiger partial charge in [0, 0.05) is 24.3 Å². The molecular formula is C28H28N6O2S. The van der Waals surface area contributed by atoms with Gasteiger partial charge in [-0.3, -0.25) is 4.72 Å². The number of benzene rings is 3. The van der Waals surface area contributed by atoms with Gasteiger partial charge in [-0.15, -0.1) is 0 Å². The first-order chi connectivity index (χ1) is 17.9. The molecule has 5 rings (SSSR count). The average Bonchev–Trinajstić information content (AvgIpc) is 3.31. The third kappa shape index (κ3) is 5.31. The highest BCUT2D eigenvalue weighted by molar-refractivity contribution is 7.92. The highest BCUT2D eigenvalue weighted by atomic mass is 32.2. The molecule has 188 valence electrons. The normalized spacial score (nSPS) is 11.5. The number of para-hydroxylation sites is 1. The molecule has 37 heavy (non-hydrogen) atoms. The lowest BCUT2D eigenvalue weighted by molar-refractivity contribution is 0.601. The van der Waals surface area contributed by atoms with Crippen molar-refractivity contribution in [2.45, 2.75) is 38.3 Å². The molecule has 0 saturated carbocycles. The lowest BCUT2D eigenvalue weighted by Gasteiger charge is -2.12. The quantitative estimate of drug-likeness (QED) is 0.266. The van der Waals surface area contributed by atoms with Crippen molar-refractivity contribution < 1.29 is 8.42 Å². The van der Waals surface area contributed by atoms with Crippen LogP contribution in [0, 0.1) is 6.92 Å². The molecule has 5 aromatic rings. The van der Waals surface area contributed by atoms with Gasteiger partial charge in [0.25, 0.3) is 10.0 Å². The largest absolute Gasteiger partial charge is 0.365 e. The highest BCUT2D eigenvalue weighted by Gasteiger charge is 2.18. The van der Waals surface area contributed by atoms with Crippen LogP contribution >= 0.6 is 0 Å². The first kappa shape index (κ1) is 24.5. The Labute approximate surface area is 216 Å². The van der Waals surface area contributed by atoms with Crippen LogP contribution in [0.15, 0.2) is 90.0 Å². The Balaban J connectivity index is 1.54. The number of anilines is 2. The Bertz CT molecular complexity index is 1650. The van der Waals surface area contributed by atoms with Crippen LogP contribution in [0.5, 0.6) is 0 Å². The van der Waals surface area contributed by atoms with Crippen molar-refractivity contribution in [3.05, 3.63) is 96.2 Å². The maximum Gasteiger partial charge on any atom is 0.261 e. The highest BCUT2D eigenvalue weighted by Crippen LogP contribution is 2.27. The molecule has 0 spiro atoms. The molecule has 0 aliphatic carbocycles. The predicted octanol–water partition coefficient (Wildman–Crippen LogP) is 5.62. The van der Waals surface area contributed by atoms with Gasteiger partial charge < -0.3 is 5.32 Å². The monoisotopic (exact) mass is 512 g/mol. The third-order valence-corrected chi connectivity index (χ3v) is 7.45. The summed E-state index contributed by atoms with van der Waals surface area (Å²) in [5.74, 6) is 1.08. The second kappa shape index (κ2) is 10.4. The van der Waals surface area contributed by atoms with E-state index in [0.29, 0.717) is 41.6 Å². The fraction of sp³-hybridized carbons (Fsp3) is 0.179. The lowest BCUT2D eigenvalue weighted by Crippen LogP contribution is -2.13. The Morgan fingerprint density at radius 2 is 1.70 bits per heavy atom. The minimum Gasteiger partial charge on any atom is -0.365 e. The zero-order valence-corrected chi connectivity index (χ0v) is 21.5. The number of aryl methyl sites for hydroxylation is 2. The van der Waals surface area contributed by atoms with Crippen LogP contribution < -0.4 is 10.0 Å². The molecule has 9 heteroatoms. The summed E-state index contributed by atoms with van der Waals surface area (Å²) in [5, 5.41) is 8.80. The molecule has 2 aromatic heterocycles. The molecule has 8 nitrogen and oxygen atoms in total. The number of rotatable bonds is 9. The van der Waals surface area contributed by atoms with Gasteiger partial charge in [0.15, 0.2) is 11.5 Å². The Morgan fingerprint density at radius 3 is 2.49 bits per heavy atom. The van der Waals surface area contributed by atoms with E-state index in [1.54, 1.807) is 48.7 Å². The summed E-state index contributed by atoms with van der Waals surface area (Å²) in [7, 11) is -3.79. The van der Waals surface area contributed by atoms with E-state index in [4.69, 9.17) is 9.97 Å². The Morgan fingerprint density at radius 1 is 0.919 bits per heavy atom. The van der Waals surface area contributed by atoms with Crippen molar-refractivity contribution in [3.63, 3.8) is 0 Å². The first-order valence-corrected chi connectivity index (χ1v) is 13.6. The maximum atomic E-state index is 13.1. The summed E-state index contributed by atoms with van der Waals surface area (Å²) in [6.45, 7) is 5.47. The predicted molar refractivity (Wildman–Crippen MR) is 147 cm³/mol. The van der Waals surface area contributed by atoms with E-state index in [2.05, 4.69) is 41.1 Å². The first-order valence-electron chi connectivity index (χ1n) is 12.1. The Hall–Kier alpha value is -4.24. The molecule has 0 bridgehead atoms. The maximum absolute atomic E-state index is 13.1. The minimum atomic E-state index is -3.79. The summed E-state index contributed by atoms with van der Waals surface area (Å²) in [4.78, 5) is 9.74. The average molecular weight is 513 g/mol. The van der Waals surface area contributed by atoms with Crippen LogP contribution in [0.25, 0.3) is 22.4 Å². The van der Waals surface area contributed by atoms with Gasteiger partial charge in [-0.25, -0.2) is 23.1 Å². The van der Waals surface area contributed by atoms with E-state index < -0.39 is 10.0 Å². The molecule has 0 amide bonds. The molecular weight excluding hydrogens is 484 g/mol. The number of hydrogen-bond acceptors (Lipinski definition) is 6. The van der Waals surface area contributed by atoms with Crippen molar-refractivity contribution >= 4 is 32.6 Å². The fourth-order valence-electron chi connectivity index (χ4n) is 4.10. The summed E-state index contributed by atoms with van der Waals surface area (Å²) in [5.41, 5.74) is 4.15. The molecule has 0 aliphatic rings.